The van der Waals surface area contributed by atoms with Crippen molar-refractivity contribution in [1.29, 1.82) is 0 Å². The number of fused-ring (bicyclic) bond motifs is 1. The zero-order valence-electron chi connectivity index (χ0n) is 8.94. The third-order valence-corrected chi connectivity index (χ3v) is 3.76. The van der Waals surface area contributed by atoms with Gasteiger partial charge in [-0.25, -0.2) is 0 Å². The number of H-pyrrole nitrogens is 1. The smallest absolute Gasteiger partial charge is 0.190 e. The van der Waals surface area contributed by atoms with Crippen LogP contribution in [0.3, 0.4) is 0 Å². The number of nitrogens with one attached hydrogen (secondary N) is 1. The van der Waals surface area contributed by atoms with Crippen molar-refractivity contribution in [2.45, 2.75) is 0 Å². The lowest BCUT2D eigenvalue weighted by Gasteiger charge is -1.96. The maximum Gasteiger partial charge on any atom is 0.190 e. The summed E-state index contributed by atoms with van der Waals surface area (Å²) in [6.07, 6.45) is 1.67. The Kier molecular flexibility index (Phi) is 2.23. The van der Waals surface area contributed by atoms with Gasteiger partial charge in [-0.2, -0.15) is 0 Å². The predicted octanol–water partition coefficient (Wildman–Crippen LogP) is 2.84. The number of nitrogen functional groups attached to an aromatic ring is 1. The Morgan fingerprint density at radius 2 is 1.88 bits per heavy atom. The van der Waals surface area contributed by atoms with Gasteiger partial charge in [-0.05, 0) is 23.8 Å². The van der Waals surface area contributed by atoms with Gasteiger partial charge in [0.2, 0.25) is 0 Å². The van der Waals surface area contributed by atoms with E-state index in [9.17, 15) is 4.79 Å². The molecule has 2 aromatic heterocycles. The molecular weight excluding hydrogens is 232 g/mol. The largest absolute Gasteiger partial charge is 0.399 e. The highest BCUT2D eigenvalue weighted by atomic mass is 32.1. The van der Waals surface area contributed by atoms with Crippen LogP contribution in [0.25, 0.3) is 20.7 Å². The van der Waals surface area contributed by atoms with Crippen LogP contribution in [0, 0.1) is 0 Å². The van der Waals surface area contributed by atoms with Gasteiger partial charge in [-0.1, -0.05) is 12.1 Å². The number of anilines is 1. The molecule has 0 spiro atoms. The van der Waals surface area contributed by atoms with Crippen LogP contribution in [0.2, 0.25) is 0 Å². The number of rotatable bonds is 1. The van der Waals surface area contributed by atoms with Crippen molar-refractivity contribution in [2.24, 2.45) is 0 Å². The van der Waals surface area contributed by atoms with Crippen molar-refractivity contribution in [3.05, 3.63) is 52.8 Å². The van der Waals surface area contributed by atoms with E-state index in [1.54, 1.807) is 23.6 Å². The molecule has 3 nitrogen and oxygen atoms in total. The summed E-state index contributed by atoms with van der Waals surface area (Å²) in [5.41, 5.74) is 7.52. The van der Waals surface area contributed by atoms with E-state index in [0.29, 0.717) is 0 Å². The molecule has 0 saturated carbocycles. The fourth-order valence-corrected chi connectivity index (χ4v) is 2.80. The number of hydrogen-bond donors (Lipinski definition) is 2. The molecule has 0 radical (unpaired) electrons. The maximum absolute atomic E-state index is 11.6. The minimum atomic E-state index is 0.0525. The normalized spacial score (nSPS) is 10.8. The topological polar surface area (TPSA) is 58.9 Å². The zero-order chi connectivity index (χ0) is 11.8. The van der Waals surface area contributed by atoms with Crippen molar-refractivity contribution < 1.29 is 0 Å². The number of hydrogen-bond acceptors (Lipinski definition) is 3. The molecule has 0 aliphatic rings. The van der Waals surface area contributed by atoms with Gasteiger partial charge in [0.1, 0.15) is 4.83 Å². The molecule has 3 rings (SSSR count). The van der Waals surface area contributed by atoms with E-state index in [4.69, 9.17) is 5.73 Å². The zero-order valence-corrected chi connectivity index (χ0v) is 9.75. The molecule has 2 heterocycles. The molecule has 0 fully saturated rings. The Labute approximate surface area is 102 Å². The average molecular weight is 242 g/mol. The number of aromatic amines is 1. The molecular formula is C13H10N2OS. The molecule has 84 valence electrons. The minimum Gasteiger partial charge on any atom is -0.399 e. The van der Waals surface area contributed by atoms with Crippen molar-refractivity contribution in [3.8, 4) is 10.4 Å². The van der Waals surface area contributed by atoms with Crippen LogP contribution in [0.1, 0.15) is 0 Å². The number of benzene rings is 1. The monoisotopic (exact) mass is 242 g/mol. The maximum atomic E-state index is 11.6. The van der Waals surface area contributed by atoms with E-state index < -0.39 is 0 Å². The molecule has 4 heteroatoms. The first-order valence-electron chi connectivity index (χ1n) is 5.21. The molecule has 0 bridgehead atoms. The summed E-state index contributed by atoms with van der Waals surface area (Å²) in [5, 5.41) is 0.740. The Bertz CT molecular complexity index is 725. The molecule has 3 aromatic rings. The Morgan fingerprint density at radius 3 is 2.59 bits per heavy atom. The average Bonchev–Trinajstić information content (AvgIpc) is 2.75. The van der Waals surface area contributed by atoms with Crippen molar-refractivity contribution >= 4 is 27.2 Å². The molecule has 3 N–H and O–H groups in total. The summed E-state index contributed by atoms with van der Waals surface area (Å²) in [7, 11) is 0. The molecule has 0 amide bonds. The van der Waals surface area contributed by atoms with Gasteiger partial charge < -0.3 is 10.7 Å². The highest BCUT2D eigenvalue weighted by Gasteiger charge is 2.06. The Balaban J connectivity index is 2.21. The van der Waals surface area contributed by atoms with Crippen LogP contribution in [0.5, 0.6) is 0 Å². The highest BCUT2D eigenvalue weighted by molar-refractivity contribution is 7.21. The Hall–Kier alpha value is -2.07. The van der Waals surface area contributed by atoms with Gasteiger partial charge in [0.15, 0.2) is 5.43 Å². The van der Waals surface area contributed by atoms with E-state index >= 15 is 0 Å². The van der Waals surface area contributed by atoms with Gasteiger partial charge in [0, 0.05) is 22.8 Å². The fourth-order valence-electron chi connectivity index (χ4n) is 1.75. The molecule has 1 aromatic carbocycles. The van der Waals surface area contributed by atoms with Crippen LogP contribution >= 0.6 is 11.3 Å². The summed E-state index contributed by atoms with van der Waals surface area (Å²) in [4.78, 5) is 16.7. The number of thiophene rings is 1. The first-order chi connectivity index (χ1) is 8.24. The third-order valence-electron chi connectivity index (χ3n) is 2.64. The summed E-state index contributed by atoms with van der Waals surface area (Å²) in [6, 6.07) is 11.1. The van der Waals surface area contributed by atoms with Gasteiger partial charge >= 0.3 is 0 Å². The second-order valence-electron chi connectivity index (χ2n) is 3.82. The van der Waals surface area contributed by atoms with Crippen LogP contribution < -0.4 is 11.2 Å². The van der Waals surface area contributed by atoms with Gasteiger partial charge in [0.25, 0.3) is 0 Å². The first kappa shape index (κ1) is 10.1. The second-order valence-corrected chi connectivity index (χ2v) is 4.87. The van der Waals surface area contributed by atoms with E-state index in [1.807, 2.05) is 30.3 Å². The number of nitrogens with two attached hydrogens (primary N) is 1. The fraction of sp³-hybridized carbons (Fsp3) is 0. The SMILES string of the molecule is Nc1ccc(-c2cc3c(=O)cc[nH]c3s2)cc1. The Morgan fingerprint density at radius 1 is 1.12 bits per heavy atom. The van der Waals surface area contributed by atoms with E-state index in [0.717, 1.165) is 26.3 Å². The molecule has 0 saturated heterocycles. The van der Waals surface area contributed by atoms with E-state index in [-0.39, 0.29) is 5.43 Å². The van der Waals surface area contributed by atoms with Crippen LogP contribution in [0.4, 0.5) is 5.69 Å². The van der Waals surface area contributed by atoms with Gasteiger partial charge in [-0.15, -0.1) is 11.3 Å². The van der Waals surface area contributed by atoms with Crippen LogP contribution in [-0.2, 0) is 0 Å². The molecule has 0 unspecified atom stereocenters. The van der Waals surface area contributed by atoms with Gasteiger partial charge in [-0.3, -0.25) is 4.79 Å². The quantitative estimate of drug-likeness (QED) is 0.645. The summed E-state index contributed by atoms with van der Waals surface area (Å²) in [5.74, 6) is 0. The third kappa shape index (κ3) is 1.72. The molecule has 17 heavy (non-hydrogen) atoms. The van der Waals surface area contributed by atoms with E-state index in [1.165, 1.54) is 0 Å². The van der Waals surface area contributed by atoms with Crippen LogP contribution in [-0.4, -0.2) is 4.98 Å². The standard InChI is InChI=1S/C13H10N2OS/c14-9-3-1-8(2-4-9)12-7-10-11(16)5-6-15-13(10)17-12/h1-7H,14H2,(H,15,16). The summed E-state index contributed by atoms with van der Waals surface area (Å²) >= 11 is 1.57. The lowest BCUT2D eigenvalue weighted by Crippen LogP contribution is -1.96. The van der Waals surface area contributed by atoms with E-state index in [2.05, 4.69) is 4.98 Å². The molecule has 0 atom stereocenters. The van der Waals surface area contributed by atoms with Gasteiger partial charge in [0.05, 0.1) is 5.39 Å². The summed E-state index contributed by atoms with van der Waals surface area (Å²) in [6.45, 7) is 0. The molecule has 0 aliphatic heterocycles. The second kappa shape index (κ2) is 3.75. The first-order valence-corrected chi connectivity index (χ1v) is 6.03. The van der Waals surface area contributed by atoms with Crippen molar-refractivity contribution in [1.82, 2.24) is 4.98 Å². The van der Waals surface area contributed by atoms with Crippen molar-refractivity contribution in [2.75, 3.05) is 5.73 Å². The lowest BCUT2D eigenvalue weighted by atomic mass is 10.1. The minimum absolute atomic E-state index is 0.0525. The number of pyridine rings is 1. The lowest BCUT2D eigenvalue weighted by molar-refractivity contribution is 1.42. The summed E-state index contributed by atoms with van der Waals surface area (Å²) < 4.78 is 0. The predicted molar refractivity (Wildman–Crippen MR) is 72.3 cm³/mol. The van der Waals surface area contributed by atoms with Crippen LogP contribution in [0.15, 0.2) is 47.4 Å². The highest BCUT2D eigenvalue weighted by Crippen LogP contribution is 2.31. The molecule has 0 aliphatic carbocycles. The van der Waals surface area contributed by atoms with Crippen molar-refractivity contribution in [3.63, 3.8) is 0 Å². The number of aromatic nitrogens is 1.